The second kappa shape index (κ2) is 5.50. The fourth-order valence-corrected chi connectivity index (χ4v) is 1.75. The van der Waals surface area contributed by atoms with E-state index >= 15 is 0 Å². The van der Waals surface area contributed by atoms with Crippen LogP contribution in [0.25, 0.3) is 5.69 Å². The van der Waals surface area contributed by atoms with Crippen molar-refractivity contribution in [2.75, 3.05) is 20.8 Å². The van der Waals surface area contributed by atoms with E-state index in [-0.39, 0.29) is 0 Å². The topological polar surface area (TPSA) is 75.2 Å². The van der Waals surface area contributed by atoms with E-state index in [1.165, 1.54) is 0 Å². The van der Waals surface area contributed by atoms with Gasteiger partial charge in [-0.2, -0.15) is 0 Å². The Morgan fingerprint density at radius 1 is 1.22 bits per heavy atom. The lowest BCUT2D eigenvalue weighted by Crippen LogP contribution is -2.08. The lowest BCUT2D eigenvalue weighted by atomic mass is 10.2. The molecule has 0 aliphatic rings. The second-order valence-corrected chi connectivity index (χ2v) is 3.70. The number of hydrogen-bond donors (Lipinski definition) is 1. The molecule has 1 aromatic heterocycles. The zero-order chi connectivity index (χ0) is 13.0. The summed E-state index contributed by atoms with van der Waals surface area (Å²) in [5.41, 5.74) is 6.46. The van der Waals surface area contributed by atoms with Gasteiger partial charge in [0.1, 0.15) is 12.2 Å². The largest absolute Gasteiger partial charge is 0.493 e. The van der Waals surface area contributed by atoms with Gasteiger partial charge in [-0.05, 0) is 18.7 Å². The van der Waals surface area contributed by atoms with Crippen LogP contribution >= 0.6 is 0 Å². The van der Waals surface area contributed by atoms with Crippen molar-refractivity contribution in [1.29, 1.82) is 0 Å². The molecule has 2 aromatic rings. The molecular weight excluding hydrogens is 232 g/mol. The van der Waals surface area contributed by atoms with E-state index in [1.807, 2.05) is 22.8 Å². The van der Waals surface area contributed by atoms with Crippen LogP contribution in [0.2, 0.25) is 0 Å². The van der Waals surface area contributed by atoms with Gasteiger partial charge in [-0.25, -0.2) is 0 Å². The maximum absolute atomic E-state index is 5.54. The third kappa shape index (κ3) is 2.28. The van der Waals surface area contributed by atoms with Gasteiger partial charge in [0.15, 0.2) is 11.5 Å². The van der Waals surface area contributed by atoms with E-state index in [0.717, 1.165) is 11.5 Å². The molecule has 6 nitrogen and oxygen atoms in total. The summed E-state index contributed by atoms with van der Waals surface area (Å²) in [4.78, 5) is 0. The summed E-state index contributed by atoms with van der Waals surface area (Å²) in [5.74, 6) is 2.18. The molecule has 2 N–H and O–H groups in total. The maximum Gasteiger partial charge on any atom is 0.162 e. The number of aromatic nitrogens is 3. The van der Waals surface area contributed by atoms with Crippen LogP contribution in [0, 0.1) is 0 Å². The third-order valence-electron chi connectivity index (χ3n) is 2.63. The Hall–Kier alpha value is -2.08. The number of hydrogen-bond acceptors (Lipinski definition) is 5. The normalized spacial score (nSPS) is 10.4. The van der Waals surface area contributed by atoms with Gasteiger partial charge < -0.3 is 15.2 Å². The number of ether oxygens (including phenoxy) is 2. The minimum absolute atomic E-state index is 0.534. The average Bonchev–Trinajstić information content (AvgIpc) is 2.86. The molecule has 6 heteroatoms. The van der Waals surface area contributed by atoms with Crippen molar-refractivity contribution >= 4 is 0 Å². The van der Waals surface area contributed by atoms with Crippen LogP contribution in [0.15, 0.2) is 24.5 Å². The first kappa shape index (κ1) is 12.4. The number of nitrogens with two attached hydrogens (primary N) is 1. The van der Waals surface area contributed by atoms with Crippen molar-refractivity contribution in [3.63, 3.8) is 0 Å². The highest BCUT2D eigenvalue weighted by atomic mass is 16.5. The monoisotopic (exact) mass is 248 g/mol. The summed E-state index contributed by atoms with van der Waals surface area (Å²) in [7, 11) is 3.21. The summed E-state index contributed by atoms with van der Waals surface area (Å²) in [6.45, 7) is 0.534. The molecule has 1 aromatic carbocycles. The van der Waals surface area contributed by atoms with Crippen LogP contribution in [0.4, 0.5) is 0 Å². The summed E-state index contributed by atoms with van der Waals surface area (Å²) in [6, 6.07) is 5.65. The third-order valence-corrected chi connectivity index (χ3v) is 2.63. The molecule has 18 heavy (non-hydrogen) atoms. The zero-order valence-corrected chi connectivity index (χ0v) is 10.5. The molecule has 0 atom stereocenters. The summed E-state index contributed by atoms with van der Waals surface area (Å²) in [6.07, 6.45) is 2.33. The van der Waals surface area contributed by atoms with E-state index in [9.17, 15) is 0 Å². The Morgan fingerprint density at radius 3 is 2.67 bits per heavy atom. The summed E-state index contributed by atoms with van der Waals surface area (Å²) in [5, 5.41) is 7.94. The number of methoxy groups -OCH3 is 2. The van der Waals surface area contributed by atoms with E-state index < -0.39 is 0 Å². The Labute approximate surface area is 105 Å². The number of nitrogens with zero attached hydrogens (tertiary/aromatic N) is 3. The SMILES string of the molecule is COc1ccc(-n2cnnc2CCN)cc1OC. The predicted molar refractivity (Wildman–Crippen MR) is 67.2 cm³/mol. The second-order valence-electron chi connectivity index (χ2n) is 3.70. The van der Waals surface area contributed by atoms with Crippen molar-refractivity contribution in [3.8, 4) is 17.2 Å². The molecule has 0 unspecified atom stereocenters. The van der Waals surface area contributed by atoms with Gasteiger partial charge in [0.2, 0.25) is 0 Å². The molecule has 96 valence electrons. The van der Waals surface area contributed by atoms with Crippen molar-refractivity contribution in [3.05, 3.63) is 30.4 Å². The van der Waals surface area contributed by atoms with E-state index in [4.69, 9.17) is 15.2 Å². The molecule has 0 radical (unpaired) electrons. The van der Waals surface area contributed by atoms with E-state index in [0.29, 0.717) is 24.5 Å². The Kier molecular flexibility index (Phi) is 3.78. The first-order chi connectivity index (χ1) is 8.80. The van der Waals surface area contributed by atoms with Gasteiger partial charge in [-0.15, -0.1) is 10.2 Å². The fraction of sp³-hybridized carbons (Fsp3) is 0.333. The van der Waals surface area contributed by atoms with Crippen LogP contribution < -0.4 is 15.2 Å². The zero-order valence-electron chi connectivity index (χ0n) is 10.5. The molecule has 0 saturated heterocycles. The lowest BCUT2D eigenvalue weighted by Gasteiger charge is -2.11. The van der Waals surface area contributed by atoms with Crippen LogP contribution in [0.5, 0.6) is 11.5 Å². The number of benzene rings is 1. The van der Waals surface area contributed by atoms with Gasteiger partial charge in [-0.1, -0.05) is 0 Å². The van der Waals surface area contributed by atoms with Crippen LogP contribution in [0.3, 0.4) is 0 Å². The van der Waals surface area contributed by atoms with Crippen molar-refractivity contribution in [1.82, 2.24) is 14.8 Å². The molecule has 0 bridgehead atoms. The van der Waals surface area contributed by atoms with Crippen molar-refractivity contribution in [2.24, 2.45) is 5.73 Å². The fourth-order valence-electron chi connectivity index (χ4n) is 1.75. The van der Waals surface area contributed by atoms with Gasteiger partial charge in [-0.3, -0.25) is 4.57 Å². The van der Waals surface area contributed by atoms with Crippen LogP contribution in [-0.2, 0) is 6.42 Å². The Bertz CT molecular complexity index is 525. The van der Waals surface area contributed by atoms with Crippen LogP contribution in [0.1, 0.15) is 5.82 Å². The maximum atomic E-state index is 5.54. The molecule has 0 aliphatic heterocycles. The van der Waals surface area contributed by atoms with E-state index in [1.54, 1.807) is 20.5 Å². The highest BCUT2D eigenvalue weighted by Crippen LogP contribution is 2.29. The van der Waals surface area contributed by atoms with Crippen molar-refractivity contribution in [2.45, 2.75) is 6.42 Å². The minimum Gasteiger partial charge on any atom is -0.493 e. The molecule has 0 amide bonds. The lowest BCUT2D eigenvalue weighted by molar-refractivity contribution is 0.355. The minimum atomic E-state index is 0.534. The smallest absolute Gasteiger partial charge is 0.162 e. The van der Waals surface area contributed by atoms with Gasteiger partial charge >= 0.3 is 0 Å². The van der Waals surface area contributed by atoms with Crippen molar-refractivity contribution < 1.29 is 9.47 Å². The predicted octanol–water partition coefficient (Wildman–Crippen LogP) is 0.786. The first-order valence-corrected chi connectivity index (χ1v) is 5.61. The molecular formula is C12H16N4O2. The quantitative estimate of drug-likeness (QED) is 0.846. The van der Waals surface area contributed by atoms with E-state index in [2.05, 4.69) is 10.2 Å². The molecule has 0 aliphatic carbocycles. The summed E-state index contributed by atoms with van der Waals surface area (Å²) < 4.78 is 12.4. The first-order valence-electron chi connectivity index (χ1n) is 5.61. The van der Waals surface area contributed by atoms with Gasteiger partial charge in [0.05, 0.1) is 19.9 Å². The summed E-state index contributed by atoms with van der Waals surface area (Å²) >= 11 is 0. The average molecular weight is 248 g/mol. The van der Waals surface area contributed by atoms with Crippen LogP contribution in [-0.4, -0.2) is 35.5 Å². The highest BCUT2D eigenvalue weighted by Gasteiger charge is 2.09. The standard InChI is InChI=1S/C12H16N4O2/c1-17-10-4-3-9(7-11(10)18-2)16-8-14-15-12(16)5-6-13/h3-4,7-8H,5-6,13H2,1-2H3. The Morgan fingerprint density at radius 2 is 2.00 bits per heavy atom. The Balaban J connectivity index is 2.41. The molecule has 2 rings (SSSR count). The number of rotatable bonds is 5. The van der Waals surface area contributed by atoms with Gasteiger partial charge in [0, 0.05) is 12.5 Å². The molecule has 0 spiro atoms. The highest BCUT2D eigenvalue weighted by molar-refractivity contribution is 5.49. The molecule has 1 heterocycles. The van der Waals surface area contributed by atoms with Gasteiger partial charge in [0.25, 0.3) is 0 Å². The molecule has 0 saturated carbocycles. The molecule has 0 fully saturated rings.